The van der Waals surface area contributed by atoms with Crippen molar-refractivity contribution in [3.8, 4) is 0 Å². The Morgan fingerprint density at radius 3 is 2.50 bits per heavy atom. The molecule has 10 heteroatoms. The molecule has 0 aromatic heterocycles. The number of hydrogen-bond acceptors (Lipinski definition) is 5. The Bertz CT molecular complexity index is 1270. The second-order valence-corrected chi connectivity index (χ2v) is 9.69. The quantitative estimate of drug-likeness (QED) is 0.274. The van der Waals surface area contributed by atoms with E-state index in [-0.39, 0.29) is 23.0 Å². The summed E-state index contributed by atoms with van der Waals surface area (Å²) in [4.78, 5) is 27.4. The van der Waals surface area contributed by atoms with Crippen molar-refractivity contribution in [2.45, 2.75) is 48.2 Å². The molecule has 4 rings (SSSR count). The summed E-state index contributed by atoms with van der Waals surface area (Å²) in [5, 5.41) is 14.3. The number of benzene rings is 3. The SMILES string of the molecule is CC1CCCCN1c1ccc(C(F)(F)F)cc1NC(=O)c1ccc(Sc2ccccc2)c([N+](=O)[O-])c1. The Hall–Kier alpha value is -3.53. The van der Waals surface area contributed by atoms with E-state index in [9.17, 15) is 28.1 Å². The average molecular weight is 516 g/mol. The summed E-state index contributed by atoms with van der Waals surface area (Å²) in [6, 6.07) is 16.5. The van der Waals surface area contributed by atoms with Crippen molar-refractivity contribution in [3.63, 3.8) is 0 Å². The van der Waals surface area contributed by atoms with Gasteiger partial charge in [-0.15, -0.1) is 0 Å². The molecular formula is C26H24F3N3O3S. The summed E-state index contributed by atoms with van der Waals surface area (Å²) < 4.78 is 40.3. The van der Waals surface area contributed by atoms with Crippen LogP contribution < -0.4 is 10.2 Å². The zero-order valence-electron chi connectivity index (χ0n) is 19.4. The van der Waals surface area contributed by atoms with Gasteiger partial charge in [-0.1, -0.05) is 30.0 Å². The lowest BCUT2D eigenvalue weighted by atomic mass is 10.0. The van der Waals surface area contributed by atoms with Crippen molar-refractivity contribution in [2.75, 3.05) is 16.8 Å². The van der Waals surface area contributed by atoms with Gasteiger partial charge in [0.25, 0.3) is 11.6 Å². The summed E-state index contributed by atoms with van der Waals surface area (Å²) in [5.41, 5.74) is -0.644. The van der Waals surface area contributed by atoms with Crippen LogP contribution >= 0.6 is 11.8 Å². The number of nitro benzene ring substituents is 1. The number of carbonyl (C=O) groups is 1. The zero-order chi connectivity index (χ0) is 25.9. The Kier molecular flexibility index (Phi) is 7.53. The Balaban J connectivity index is 1.66. The standard InChI is InChI=1S/C26H24F3N3O3S/c1-17-7-5-6-14-31(17)22-12-11-19(26(27,28)29)16-21(22)30-25(33)18-10-13-24(23(15-18)32(34)35)36-20-8-3-2-4-9-20/h2-4,8-13,15-17H,5-7,14H2,1H3,(H,30,33). The van der Waals surface area contributed by atoms with E-state index in [1.165, 1.54) is 30.0 Å². The Morgan fingerprint density at radius 1 is 1.08 bits per heavy atom. The minimum atomic E-state index is -4.58. The Labute approximate surface area is 210 Å². The number of hydrogen-bond donors (Lipinski definition) is 1. The second kappa shape index (κ2) is 10.6. The van der Waals surface area contributed by atoms with Gasteiger partial charge in [0.1, 0.15) is 0 Å². The van der Waals surface area contributed by atoms with E-state index in [4.69, 9.17) is 0 Å². The predicted molar refractivity (Wildman–Crippen MR) is 134 cm³/mol. The summed E-state index contributed by atoms with van der Waals surface area (Å²) >= 11 is 1.19. The molecule has 0 saturated carbocycles. The summed E-state index contributed by atoms with van der Waals surface area (Å²) in [5.74, 6) is -0.723. The molecular weight excluding hydrogens is 491 g/mol. The van der Waals surface area contributed by atoms with Gasteiger partial charge in [-0.05, 0) is 68.7 Å². The summed E-state index contributed by atoms with van der Waals surface area (Å²) in [7, 11) is 0. The fourth-order valence-electron chi connectivity index (χ4n) is 4.22. The first-order valence-corrected chi connectivity index (χ1v) is 12.3. The number of halogens is 3. The van der Waals surface area contributed by atoms with Crippen LogP contribution in [0.4, 0.5) is 30.2 Å². The number of alkyl halides is 3. The van der Waals surface area contributed by atoms with Gasteiger partial charge in [-0.25, -0.2) is 0 Å². The lowest BCUT2D eigenvalue weighted by Gasteiger charge is -2.36. The zero-order valence-corrected chi connectivity index (χ0v) is 20.2. The van der Waals surface area contributed by atoms with E-state index in [0.717, 1.165) is 42.4 Å². The number of carbonyl (C=O) groups excluding carboxylic acids is 1. The first kappa shape index (κ1) is 25.6. The first-order chi connectivity index (χ1) is 17.1. The highest BCUT2D eigenvalue weighted by atomic mass is 32.2. The van der Waals surface area contributed by atoms with Crippen LogP contribution in [0.3, 0.4) is 0 Å². The highest BCUT2D eigenvalue weighted by Gasteiger charge is 2.32. The van der Waals surface area contributed by atoms with E-state index in [0.29, 0.717) is 17.1 Å². The van der Waals surface area contributed by atoms with Gasteiger partial charge in [-0.2, -0.15) is 13.2 Å². The molecule has 3 aromatic carbocycles. The molecule has 188 valence electrons. The molecule has 1 unspecified atom stereocenters. The molecule has 1 saturated heterocycles. The minimum absolute atomic E-state index is 0.0193. The molecule has 1 aliphatic heterocycles. The number of nitrogens with one attached hydrogen (secondary N) is 1. The molecule has 6 nitrogen and oxygen atoms in total. The molecule has 36 heavy (non-hydrogen) atoms. The van der Waals surface area contributed by atoms with Crippen LogP contribution in [0, 0.1) is 10.1 Å². The van der Waals surface area contributed by atoms with Gasteiger partial charge in [0.15, 0.2) is 0 Å². The molecule has 0 aliphatic carbocycles. The van der Waals surface area contributed by atoms with E-state index in [2.05, 4.69) is 5.32 Å². The topological polar surface area (TPSA) is 75.5 Å². The average Bonchev–Trinajstić information content (AvgIpc) is 2.84. The van der Waals surface area contributed by atoms with Gasteiger partial charge < -0.3 is 10.2 Å². The summed E-state index contributed by atoms with van der Waals surface area (Å²) in [6.07, 6.45) is -1.77. The monoisotopic (exact) mass is 515 g/mol. The molecule has 1 heterocycles. The fraction of sp³-hybridized carbons (Fsp3) is 0.269. The van der Waals surface area contributed by atoms with Crippen LogP contribution in [0.2, 0.25) is 0 Å². The second-order valence-electron chi connectivity index (χ2n) is 8.58. The van der Waals surface area contributed by atoms with Crippen molar-refractivity contribution in [1.29, 1.82) is 0 Å². The fourth-order valence-corrected chi connectivity index (χ4v) is 5.14. The molecule has 0 radical (unpaired) electrons. The molecule has 1 atom stereocenters. The van der Waals surface area contributed by atoms with Crippen molar-refractivity contribution in [2.24, 2.45) is 0 Å². The number of anilines is 2. The number of piperidine rings is 1. The molecule has 1 aliphatic rings. The lowest BCUT2D eigenvalue weighted by molar-refractivity contribution is -0.387. The van der Waals surface area contributed by atoms with E-state index in [1.807, 2.05) is 42.2 Å². The molecule has 0 bridgehead atoms. The minimum Gasteiger partial charge on any atom is -0.367 e. The van der Waals surface area contributed by atoms with E-state index in [1.54, 1.807) is 0 Å². The van der Waals surface area contributed by atoms with Crippen LogP contribution in [0.1, 0.15) is 42.1 Å². The molecule has 1 amide bonds. The normalized spacial score (nSPS) is 16.0. The highest BCUT2D eigenvalue weighted by molar-refractivity contribution is 7.99. The lowest BCUT2D eigenvalue weighted by Crippen LogP contribution is -2.38. The largest absolute Gasteiger partial charge is 0.416 e. The number of nitrogens with zero attached hydrogens (tertiary/aromatic N) is 2. The first-order valence-electron chi connectivity index (χ1n) is 11.4. The van der Waals surface area contributed by atoms with Gasteiger partial charge in [-0.3, -0.25) is 14.9 Å². The smallest absolute Gasteiger partial charge is 0.367 e. The van der Waals surface area contributed by atoms with Gasteiger partial charge in [0.05, 0.1) is 26.8 Å². The highest BCUT2D eigenvalue weighted by Crippen LogP contribution is 2.39. The maximum atomic E-state index is 13.4. The van der Waals surface area contributed by atoms with Crippen LogP contribution in [0.15, 0.2) is 76.5 Å². The van der Waals surface area contributed by atoms with Gasteiger partial charge >= 0.3 is 6.18 Å². The summed E-state index contributed by atoms with van der Waals surface area (Å²) in [6.45, 7) is 2.65. The van der Waals surface area contributed by atoms with Crippen LogP contribution in [0.25, 0.3) is 0 Å². The third-order valence-electron chi connectivity index (χ3n) is 6.07. The van der Waals surface area contributed by atoms with Crippen LogP contribution in [-0.2, 0) is 6.18 Å². The van der Waals surface area contributed by atoms with E-state index < -0.39 is 22.6 Å². The maximum Gasteiger partial charge on any atom is 0.416 e. The van der Waals surface area contributed by atoms with Crippen molar-refractivity contribution < 1.29 is 22.9 Å². The number of amides is 1. The van der Waals surface area contributed by atoms with E-state index >= 15 is 0 Å². The number of rotatable bonds is 6. The Morgan fingerprint density at radius 2 is 1.83 bits per heavy atom. The van der Waals surface area contributed by atoms with Gasteiger partial charge in [0.2, 0.25) is 0 Å². The third kappa shape index (κ3) is 5.81. The third-order valence-corrected chi connectivity index (χ3v) is 7.15. The molecule has 0 spiro atoms. The van der Waals surface area contributed by atoms with Crippen molar-refractivity contribution in [3.05, 3.63) is 88.0 Å². The predicted octanol–water partition coefficient (Wildman–Crippen LogP) is 7.40. The van der Waals surface area contributed by atoms with Crippen LogP contribution in [-0.4, -0.2) is 23.4 Å². The van der Waals surface area contributed by atoms with Crippen molar-refractivity contribution >= 4 is 34.7 Å². The molecule has 1 fully saturated rings. The van der Waals surface area contributed by atoms with Gasteiger partial charge in [0, 0.05) is 29.1 Å². The number of nitro groups is 1. The molecule has 1 N–H and O–H groups in total. The van der Waals surface area contributed by atoms with Crippen molar-refractivity contribution in [1.82, 2.24) is 0 Å². The molecule has 3 aromatic rings. The maximum absolute atomic E-state index is 13.4. The van der Waals surface area contributed by atoms with Crippen LogP contribution in [0.5, 0.6) is 0 Å².